The molecule has 3 aromatic carbocycles. The van der Waals surface area contributed by atoms with E-state index in [1.54, 1.807) is 48.5 Å². The number of rotatable bonds is 9. The van der Waals surface area contributed by atoms with Gasteiger partial charge in [-0.25, -0.2) is 8.42 Å². The molecule has 0 bridgehead atoms. The van der Waals surface area contributed by atoms with E-state index in [2.05, 4.69) is 19.2 Å². The molecule has 0 saturated carbocycles. The molecule has 0 atom stereocenters. The predicted octanol–water partition coefficient (Wildman–Crippen LogP) is 4.66. The van der Waals surface area contributed by atoms with Crippen molar-refractivity contribution in [1.82, 2.24) is 0 Å². The maximum absolute atomic E-state index is 13.6. The Bertz CT molecular complexity index is 1190. The Balaban J connectivity index is 1.94. The summed E-state index contributed by atoms with van der Waals surface area (Å²) in [7, 11) is -1.13. The number of carbonyl (C=O) groups excluding carboxylic acids is 1. The number of hydrogen-bond acceptors (Lipinski definition) is 5. The van der Waals surface area contributed by atoms with Gasteiger partial charge in [0, 0.05) is 5.69 Å². The van der Waals surface area contributed by atoms with Crippen LogP contribution in [0.25, 0.3) is 0 Å². The molecule has 33 heavy (non-hydrogen) atoms. The number of nitrogens with zero attached hydrogens (tertiary/aromatic N) is 1. The molecule has 1 N–H and O–H groups in total. The summed E-state index contributed by atoms with van der Waals surface area (Å²) in [6.07, 6.45) is 0. The number of para-hydroxylation sites is 2. The molecular weight excluding hydrogens is 440 g/mol. The lowest BCUT2D eigenvalue weighted by atomic mass is 10.0. The highest BCUT2D eigenvalue weighted by molar-refractivity contribution is 7.92. The Kier molecular flexibility index (Phi) is 7.60. The number of amides is 1. The summed E-state index contributed by atoms with van der Waals surface area (Å²) in [5, 5.41) is 2.78. The summed E-state index contributed by atoms with van der Waals surface area (Å²) in [6, 6.07) is 20.2. The molecule has 0 aromatic heterocycles. The first kappa shape index (κ1) is 24.1. The normalized spacial score (nSPS) is 11.2. The molecule has 0 spiro atoms. The van der Waals surface area contributed by atoms with Gasteiger partial charge >= 0.3 is 0 Å². The SMILES string of the molecule is COc1ccc(S(=O)(=O)N(CC(=O)Nc2ccc(C(C)C)cc2)c2ccccc2OC)cc1. The lowest BCUT2D eigenvalue weighted by molar-refractivity contribution is -0.114. The van der Waals surface area contributed by atoms with Gasteiger partial charge in [0.25, 0.3) is 10.0 Å². The molecule has 3 rings (SSSR count). The highest BCUT2D eigenvalue weighted by Gasteiger charge is 2.29. The average Bonchev–Trinajstić information content (AvgIpc) is 2.82. The number of methoxy groups -OCH3 is 2. The van der Waals surface area contributed by atoms with Crippen LogP contribution in [0.15, 0.2) is 77.7 Å². The second-order valence-corrected chi connectivity index (χ2v) is 9.55. The largest absolute Gasteiger partial charge is 0.497 e. The van der Waals surface area contributed by atoms with Crippen molar-refractivity contribution in [3.8, 4) is 11.5 Å². The fourth-order valence-electron chi connectivity index (χ4n) is 3.29. The van der Waals surface area contributed by atoms with E-state index < -0.39 is 22.5 Å². The first-order valence-electron chi connectivity index (χ1n) is 10.5. The molecule has 174 valence electrons. The minimum atomic E-state index is -4.08. The van der Waals surface area contributed by atoms with E-state index in [9.17, 15) is 13.2 Å². The van der Waals surface area contributed by atoms with Gasteiger partial charge in [-0.1, -0.05) is 38.1 Å². The van der Waals surface area contributed by atoms with Crippen molar-refractivity contribution in [2.45, 2.75) is 24.7 Å². The molecular formula is C25H28N2O5S. The van der Waals surface area contributed by atoms with Gasteiger partial charge in [0.2, 0.25) is 5.91 Å². The summed E-state index contributed by atoms with van der Waals surface area (Å²) in [5.74, 6) is 0.754. The minimum absolute atomic E-state index is 0.0308. The van der Waals surface area contributed by atoms with E-state index >= 15 is 0 Å². The molecule has 3 aromatic rings. The topological polar surface area (TPSA) is 84.9 Å². The molecule has 0 aliphatic heterocycles. The Morgan fingerprint density at radius 3 is 2.12 bits per heavy atom. The quantitative estimate of drug-likeness (QED) is 0.494. The Hall–Kier alpha value is -3.52. The monoisotopic (exact) mass is 468 g/mol. The number of benzene rings is 3. The van der Waals surface area contributed by atoms with E-state index in [4.69, 9.17) is 9.47 Å². The van der Waals surface area contributed by atoms with Crippen molar-refractivity contribution in [2.75, 3.05) is 30.4 Å². The summed E-state index contributed by atoms with van der Waals surface area (Å²) in [5.41, 5.74) is 2.00. The standard InChI is InChI=1S/C25H28N2O5S/c1-18(2)19-9-11-20(12-10-19)26-25(28)17-27(23-7-5-6-8-24(23)32-4)33(29,30)22-15-13-21(31-3)14-16-22/h5-16,18H,17H2,1-4H3,(H,26,28). The van der Waals surface area contributed by atoms with Crippen LogP contribution in [0.2, 0.25) is 0 Å². The van der Waals surface area contributed by atoms with Gasteiger partial charge in [-0.2, -0.15) is 0 Å². The van der Waals surface area contributed by atoms with Crippen LogP contribution in [-0.2, 0) is 14.8 Å². The van der Waals surface area contributed by atoms with Crippen molar-refractivity contribution in [3.63, 3.8) is 0 Å². The zero-order chi connectivity index (χ0) is 24.0. The Labute approximate surface area is 195 Å². The third-order valence-corrected chi connectivity index (χ3v) is 6.92. The molecule has 0 radical (unpaired) electrons. The van der Waals surface area contributed by atoms with Crippen molar-refractivity contribution in [2.24, 2.45) is 0 Å². The Morgan fingerprint density at radius 1 is 0.909 bits per heavy atom. The second kappa shape index (κ2) is 10.4. The molecule has 1 amide bonds. The Morgan fingerprint density at radius 2 is 1.55 bits per heavy atom. The average molecular weight is 469 g/mol. The molecule has 0 fully saturated rings. The van der Waals surface area contributed by atoms with Crippen LogP contribution >= 0.6 is 0 Å². The number of sulfonamides is 1. The van der Waals surface area contributed by atoms with Gasteiger partial charge in [-0.3, -0.25) is 9.10 Å². The molecule has 0 unspecified atom stereocenters. The summed E-state index contributed by atoms with van der Waals surface area (Å²) < 4.78 is 38.7. The molecule has 0 aliphatic rings. The fraction of sp³-hybridized carbons (Fsp3) is 0.240. The maximum Gasteiger partial charge on any atom is 0.264 e. The lowest BCUT2D eigenvalue weighted by Gasteiger charge is -2.25. The van der Waals surface area contributed by atoms with Crippen LogP contribution in [0.4, 0.5) is 11.4 Å². The third kappa shape index (κ3) is 5.64. The summed E-state index contributed by atoms with van der Waals surface area (Å²) in [4.78, 5) is 12.9. The van der Waals surface area contributed by atoms with E-state index in [-0.39, 0.29) is 10.6 Å². The van der Waals surface area contributed by atoms with Crippen LogP contribution in [0.1, 0.15) is 25.3 Å². The summed E-state index contributed by atoms with van der Waals surface area (Å²) >= 11 is 0. The van der Waals surface area contributed by atoms with Crippen molar-refractivity contribution < 1.29 is 22.7 Å². The molecule has 0 saturated heterocycles. The van der Waals surface area contributed by atoms with Gasteiger partial charge in [-0.15, -0.1) is 0 Å². The zero-order valence-corrected chi connectivity index (χ0v) is 19.9. The number of anilines is 2. The molecule has 0 heterocycles. The van der Waals surface area contributed by atoms with Crippen LogP contribution in [-0.4, -0.2) is 35.1 Å². The van der Waals surface area contributed by atoms with Gasteiger partial charge in [0.1, 0.15) is 18.0 Å². The third-order valence-electron chi connectivity index (χ3n) is 5.15. The van der Waals surface area contributed by atoms with Gasteiger partial charge < -0.3 is 14.8 Å². The highest BCUT2D eigenvalue weighted by atomic mass is 32.2. The van der Waals surface area contributed by atoms with Crippen LogP contribution < -0.4 is 19.1 Å². The van der Waals surface area contributed by atoms with Crippen LogP contribution in [0, 0.1) is 0 Å². The smallest absolute Gasteiger partial charge is 0.264 e. The number of nitrogens with one attached hydrogen (secondary N) is 1. The van der Waals surface area contributed by atoms with Crippen molar-refractivity contribution >= 4 is 27.3 Å². The van der Waals surface area contributed by atoms with Crippen molar-refractivity contribution in [3.05, 3.63) is 78.4 Å². The molecule has 7 nitrogen and oxygen atoms in total. The maximum atomic E-state index is 13.6. The number of hydrogen-bond donors (Lipinski definition) is 1. The second-order valence-electron chi connectivity index (χ2n) is 7.68. The number of ether oxygens (including phenoxy) is 2. The van der Waals surface area contributed by atoms with Gasteiger partial charge in [0.05, 0.1) is 24.8 Å². The van der Waals surface area contributed by atoms with Crippen LogP contribution in [0.3, 0.4) is 0 Å². The first-order chi connectivity index (χ1) is 15.8. The van der Waals surface area contributed by atoms with Gasteiger partial charge in [-0.05, 0) is 60.0 Å². The van der Waals surface area contributed by atoms with Gasteiger partial charge in [0.15, 0.2) is 0 Å². The lowest BCUT2D eigenvalue weighted by Crippen LogP contribution is -2.38. The fourth-order valence-corrected chi connectivity index (χ4v) is 4.72. The zero-order valence-electron chi connectivity index (χ0n) is 19.1. The van der Waals surface area contributed by atoms with E-state index in [1.165, 1.54) is 26.4 Å². The van der Waals surface area contributed by atoms with Crippen LogP contribution in [0.5, 0.6) is 11.5 Å². The van der Waals surface area contributed by atoms with Crippen molar-refractivity contribution in [1.29, 1.82) is 0 Å². The number of carbonyl (C=O) groups is 1. The summed E-state index contributed by atoms with van der Waals surface area (Å²) in [6.45, 7) is 3.74. The highest BCUT2D eigenvalue weighted by Crippen LogP contribution is 2.32. The first-order valence-corrected chi connectivity index (χ1v) is 11.9. The molecule has 8 heteroatoms. The minimum Gasteiger partial charge on any atom is -0.497 e. The predicted molar refractivity (Wildman–Crippen MR) is 130 cm³/mol. The molecule has 0 aliphatic carbocycles. The van der Waals surface area contributed by atoms with E-state index in [0.29, 0.717) is 23.1 Å². The van der Waals surface area contributed by atoms with E-state index in [1.807, 2.05) is 12.1 Å². The van der Waals surface area contributed by atoms with E-state index in [0.717, 1.165) is 9.87 Å².